The molecule has 0 amide bonds. The molecule has 144 valence electrons. The number of hydrogen-bond acceptors (Lipinski definition) is 7. The Labute approximate surface area is 171 Å². The molecule has 1 aliphatic heterocycles. The molecule has 1 aliphatic rings. The second-order valence-electron chi connectivity index (χ2n) is 5.65. The lowest BCUT2D eigenvalue weighted by Crippen LogP contribution is -2.46. The van der Waals surface area contributed by atoms with Crippen LogP contribution in [0.15, 0.2) is 18.6 Å². The number of piperidine rings is 1. The van der Waals surface area contributed by atoms with Crippen molar-refractivity contribution in [3.63, 3.8) is 0 Å². The van der Waals surface area contributed by atoms with Crippen molar-refractivity contribution in [2.24, 2.45) is 5.92 Å². The number of hydrogen-bond donors (Lipinski definition) is 0. The van der Waals surface area contributed by atoms with Crippen molar-refractivity contribution >= 4 is 53.1 Å². The smallest absolute Gasteiger partial charge is 0.309 e. The molecule has 2 aromatic rings. The number of nitrogens with zero attached hydrogens (tertiary/aromatic N) is 5. The maximum absolute atomic E-state index is 11.9. The molecule has 26 heavy (non-hydrogen) atoms. The third-order valence-electron chi connectivity index (χ3n) is 4.32. The number of anilines is 1. The Kier molecular flexibility index (Phi) is 8.42. The predicted molar refractivity (Wildman–Crippen MR) is 115 cm³/mol. The Balaban J connectivity index is 0.00000117. The van der Waals surface area contributed by atoms with Gasteiger partial charge in [0.25, 0.3) is 0 Å². The van der Waals surface area contributed by atoms with Gasteiger partial charge in [0.2, 0.25) is 0 Å². The van der Waals surface area contributed by atoms with Gasteiger partial charge in [0, 0.05) is 56.7 Å². The predicted octanol–water partition coefficient (Wildman–Crippen LogP) is 3.93. The summed E-state index contributed by atoms with van der Waals surface area (Å²) in [6, 6.07) is 2.04. The molecule has 2 aromatic heterocycles. The van der Waals surface area contributed by atoms with E-state index in [1.807, 2.05) is 44.1 Å². The Bertz CT molecular complexity index is 718. The van der Waals surface area contributed by atoms with Crippen LogP contribution in [0.5, 0.6) is 0 Å². The molecule has 3 heterocycles. The number of rotatable bonds is 5. The number of hydrazine groups is 1. The SMILES string of the molecule is CC.CCOC(=O)C1CCN(N(C)c2ncnc3c2ccn3SI)CC1. The van der Waals surface area contributed by atoms with Gasteiger partial charge in [0.05, 0.1) is 17.9 Å². The van der Waals surface area contributed by atoms with Crippen LogP contribution in [0, 0.1) is 5.92 Å². The largest absolute Gasteiger partial charge is 0.466 e. The summed E-state index contributed by atoms with van der Waals surface area (Å²) in [6.45, 7) is 7.92. The molecule has 0 atom stereocenters. The fourth-order valence-corrected chi connectivity index (χ4v) is 4.30. The highest BCUT2D eigenvalue weighted by molar-refractivity contribution is 14.2. The zero-order chi connectivity index (χ0) is 19.1. The zero-order valence-electron chi connectivity index (χ0n) is 15.7. The molecule has 9 heteroatoms. The lowest BCUT2D eigenvalue weighted by atomic mass is 9.98. The first-order valence-corrected chi connectivity index (χ1v) is 12.2. The summed E-state index contributed by atoms with van der Waals surface area (Å²) in [5.41, 5.74) is 0.910. The van der Waals surface area contributed by atoms with Crippen molar-refractivity contribution < 1.29 is 9.53 Å². The molecular weight excluding hydrogens is 465 g/mol. The molecule has 7 nitrogen and oxygen atoms in total. The maximum Gasteiger partial charge on any atom is 0.309 e. The van der Waals surface area contributed by atoms with Gasteiger partial charge in [-0.25, -0.2) is 15.0 Å². The van der Waals surface area contributed by atoms with Gasteiger partial charge < -0.3 is 4.74 Å². The van der Waals surface area contributed by atoms with E-state index < -0.39 is 0 Å². The third-order valence-corrected chi connectivity index (χ3v) is 6.04. The van der Waals surface area contributed by atoms with E-state index in [0.717, 1.165) is 42.8 Å². The highest BCUT2D eigenvalue weighted by atomic mass is 127. The number of carbonyl (C=O) groups is 1. The molecule has 1 fully saturated rings. The van der Waals surface area contributed by atoms with Gasteiger partial charge >= 0.3 is 5.97 Å². The molecule has 0 spiro atoms. The number of esters is 1. The van der Waals surface area contributed by atoms with Gasteiger partial charge in [-0.1, -0.05) is 13.8 Å². The Morgan fingerprint density at radius 2 is 2.08 bits per heavy atom. The first kappa shape index (κ1) is 21.2. The third kappa shape index (κ3) is 4.61. The minimum atomic E-state index is -0.0691. The molecule has 0 bridgehead atoms. The highest BCUT2D eigenvalue weighted by Crippen LogP contribution is 2.30. The van der Waals surface area contributed by atoms with Crippen molar-refractivity contribution in [2.75, 3.05) is 31.8 Å². The van der Waals surface area contributed by atoms with Gasteiger partial charge in [-0.3, -0.25) is 13.8 Å². The summed E-state index contributed by atoms with van der Waals surface area (Å²) in [5, 5.41) is 5.33. The number of fused-ring (bicyclic) bond motifs is 1. The molecule has 0 saturated carbocycles. The van der Waals surface area contributed by atoms with E-state index in [2.05, 4.69) is 41.2 Å². The van der Waals surface area contributed by atoms with Crippen molar-refractivity contribution in [3.8, 4) is 0 Å². The molecule has 0 radical (unpaired) electrons. The summed E-state index contributed by atoms with van der Waals surface area (Å²) >= 11 is 2.24. The summed E-state index contributed by atoms with van der Waals surface area (Å²) in [6.07, 6.45) is 5.22. The van der Waals surface area contributed by atoms with E-state index in [1.165, 1.54) is 0 Å². The quantitative estimate of drug-likeness (QED) is 0.464. The van der Waals surface area contributed by atoms with E-state index in [9.17, 15) is 4.79 Å². The van der Waals surface area contributed by atoms with Crippen LogP contribution in [0.25, 0.3) is 11.0 Å². The molecule has 0 aromatic carbocycles. The van der Waals surface area contributed by atoms with Crippen molar-refractivity contribution in [1.82, 2.24) is 18.9 Å². The standard InChI is InChI=1S/C15H20IN5O2S.C2H6/c1-3-23-15(22)11-4-7-20(8-5-11)19(2)13-12-6-9-21(24-16)14(12)18-10-17-13;1-2/h6,9-11H,3-5,7-8H2,1-2H3;1-2H3. The Hall–Kier alpha value is -1.07. The van der Waals surface area contributed by atoms with Crippen LogP contribution in [0.4, 0.5) is 5.82 Å². The second kappa shape index (κ2) is 10.3. The summed E-state index contributed by atoms with van der Waals surface area (Å²) in [4.78, 5) is 20.7. The van der Waals surface area contributed by atoms with Crippen LogP contribution in [-0.4, -0.2) is 51.7 Å². The summed E-state index contributed by atoms with van der Waals surface area (Å²) < 4.78 is 7.15. The second-order valence-corrected chi connectivity index (χ2v) is 7.36. The van der Waals surface area contributed by atoms with Crippen LogP contribution in [-0.2, 0) is 9.53 Å². The fraction of sp³-hybridized carbons (Fsp3) is 0.588. The van der Waals surface area contributed by atoms with Crippen LogP contribution in [0.1, 0.15) is 33.6 Å². The number of ether oxygens (including phenoxy) is 1. The molecule has 0 unspecified atom stereocenters. The van der Waals surface area contributed by atoms with Gasteiger partial charge in [-0.05, 0) is 25.8 Å². The van der Waals surface area contributed by atoms with Gasteiger partial charge in [-0.2, -0.15) is 0 Å². The van der Waals surface area contributed by atoms with Crippen LogP contribution >= 0.6 is 30.3 Å². The average Bonchev–Trinajstić information content (AvgIpc) is 3.12. The molecule has 1 saturated heterocycles. The molecule has 0 N–H and O–H groups in total. The zero-order valence-corrected chi connectivity index (χ0v) is 18.7. The average molecular weight is 491 g/mol. The molecule has 0 aliphatic carbocycles. The topological polar surface area (TPSA) is 63.5 Å². The van der Waals surface area contributed by atoms with E-state index in [0.29, 0.717) is 6.61 Å². The molecular formula is C17H26IN5O2S. The van der Waals surface area contributed by atoms with Crippen molar-refractivity contribution in [3.05, 3.63) is 18.6 Å². The Morgan fingerprint density at radius 1 is 1.38 bits per heavy atom. The van der Waals surface area contributed by atoms with E-state index in [1.54, 1.807) is 15.4 Å². The lowest BCUT2D eigenvalue weighted by Gasteiger charge is -2.37. The van der Waals surface area contributed by atoms with Crippen LogP contribution < -0.4 is 5.01 Å². The van der Waals surface area contributed by atoms with Gasteiger partial charge in [0.15, 0.2) is 11.5 Å². The monoisotopic (exact) mass is 491 g/mol. The lowest BCUT2D eigenvalue weighted by molar-refractivity contribution is -0.149. The normalized spacial score (nSPS) is 15.4. The first-order chi connectivity index (χ1) is 12.7. The van der Waals surface area contributed by atoms with E-state index in [-0.39, 0.29) is 11.9 Å². The number of carbonyl (C=O) groups excluding carboxylic acids is 1. The van der Waals surface area contributed by atoms with Crippen molar-refractivity contribution in [2.45, 2.75) is 33.6 Å². The fourth-order valence-electron chi connectivity index (χ4n) is 3.02. The minimum absolute atomic E-state index is 0.0107. The molecule has 3 rings (SSSR count). The van der Waals surface area contributed by atoms with Crippen molar-refractivity contribution in [1.29, 1.82) is 0 Å². The first-order valence-electron chi connectivity index (χ1n) is 8.92. The Morgan fingerprint density at radius 3 is 2.69 bits per heavy atom. The number of halogens is 1. The maximum atomic E-state index is 11.9. The van der Waals surface area contributed by atoms with E-state index in [4.69, 9.17) is 4.74 Å². The summed E-state index contributed by atoms with van der Waals surface area (Å²) in [7, 11) is 3.60. The van der Waals surface area contributed by atoms with Gasteiger partial charge in [-0.15, -0.1) is 0 Å². The highest BCUT2D eigenvalue weighted by Gasteiger charge is 2.28. The van der Waals surface area contributed by atoms with Crippen LogP contribution in [0.2, 0.25) is 0 Å². The summed E-state index contributed by atoms with van der Waals surface area (Å²) in [5.74, 6) is 0.829. The minimum Gasteiger partial charge on any atom is -0.466 e. The van der Waals surface area contributed by atoms with Gasteiger partial charge in [0.1, 0.15) is 6.33 Å². The van der Waals surface area contributed by atoms with Crippen LogP contribution in [0.3, 0.4) is 0 Å². The number of aromatic nitrogens is 3. The van der Waals surface area contributed by atoms with E-state index >= 15 is 0 Å².